The fourth-order valence-electron chi connectivity index (χ4n) is 9.28. The van der Waals surface area contributed by atoms with Crippen molar-refractivity contribution in [1.29, 1.82) is 0 Å². The molecule has 4 saturated carbocycles. The van der Waals surface area contributed by atoms with Crippen LogP contribution in [0.4, 0.5) is 4.39 Å². The van der Waals surface area contributed by atoms with Crippen molar-refractivity contribution in [2.45, 2.75) is 129 Å². The fourth-order valence-corrected chi connectivity index (χ4v) is 9.28. The van der Waals surface area contributed by atoms with Crippen LogP contribution < -0.4 is 0 Å². The van der Waals surface area contributed by atoms with E-state index in [2.05, 4.69) is 27.7 Å². The van der Waals surface area contributed by atoms with Crippen LogP contribution in [-0.4, -0.2) is 38.8 Å². The highest BCUT2D eigenvalue weighted by Crippen LogP contribution is 2.69. The fraction of sp³-hybridized carbons (Fsp3) is 1.00. The second kappa shape index (κ2) is 7.94. The van der Waals surface area contributed by atoms with E-state index in [1.807, 2.05) is 6.92 Å². The molecule has 4 fully saturated rings. The minimum absolute atomic E-state index is 0.0117. The van der Waals surface area contributed by atoms with E-state index in [0.29, 0.717) is 42.9 Å². The first-order valence-electron chi connectivity index (χ1n) is 13.1. The number of aliphatic hydroxyl groups excluding tert-OH is 2. The van der Waals surface area contributed by atoms with E-state index in [1.54, 1.807) is 0 Å². The zero-order valence-electron chi connectivity index (χ0n) is 20.5. The average molecular weight is 439 g/mol. The molecule has 0 heterocycles. The largest absolute Gasteiger partial charge is 0.393 e. The van der Waals surface area contributed by atoms with Gasteiger partial charge in [-0.2, -0.15) is 0 Å². The Morgan fingerprint density at radius 2 is 1.74 bits per heavy atom. The molecule has 0 aromatic heterocycles. The van der Waals surface area contributed by atoms with Gasteiger partial charge >= 0.3 is 0 Å². The Morgan fingerprint density at radius 3 is 2.42 bits per heavy atom. The minimum atomic E-state index is -1.19. The molecule has 4 aliphatic rings. The average Bonchev–Trinajstić information content (AvgIpc) is 3.02. The number of hydrogen-bond acceptors (Lipinski definition) is 3. The molecule has 0 aromatic rings. The monoisotopic (exact) mass is 438 g/mol. The van der Waals surface area contributed by atoms with Crippen LogP contribution in [0.3, 0.4) is 0 Å². The van der Waals surface area contributed by atoms with Crippen LogP contribution in [0, 0.1) is 40.4 Å². The summed E-state index contributed by atoms with van der Waals surface area (Å²) >= 11 is 0. The molecule has 4 heteroatoms. The summed E-state index contributed by atoms with van der Waals surface area (Å²) in [5, 5.41) is 33.0. The molecule has 0 spiro atoms. The number of halogens is 1. The zero-order valence-corrected chi connectivity index (χ0v) is 20.5. The number of hydrogen-bond donors (Lipinski definition) is 3. The van der Waals surface area contributed by atoms with Crippen molar-refractivity contribution >= 4 is 0 Å². The lowest BCUT2D eigenvalue weighted by Crippen LogP contribution is -2.68. The van der Waals surface area contributed by atoms with Crippen molar-refractivity contribution in [2.75, 3.05) is 0 Å². The van der Waals surface area contributed by atoms with Crippen molar-refractivity contribution in [1.82, 2.24) is 0 Å². The third-order valence-electron chi connectivity index (χ3n) is 11.0. The lowest BCUT2D eigenvalue weighted by atomic mass is 9.42. The minimum Gasteiger partial charge on any atom is -0.393 e. The Balaban J connectivity index is 1.56. The molecular formula is C27H47FO3. The summed E-state index contributed by atoms with van der Waals surface area (Å²) in [7, 11) is 0. The summed E-state index contributed by atoms with van der Waals surface area (Å²) < 4.78 is 16.1. The summed E-state index contributed by atoms with van der Waals surface area (Å²) in [5.74, 6) is 1.86. The van der Waals surface area contributed by atoms with E-state index in [9.17, 15) is 15.3 Å². The maximum atomic E-state index is 16.1. The Labute approximate surface area is 189 Å². The molecule has 4 rings (SSSR count). The number of alkyl halides is 1. The van der Waals surface area contributed by atoms with Crippen LogP contribution in [0.25, 0.3) is 0 Å². The molecule has 0 bridgehead atoms. The van der Waals surface area contributed by atoms with Gasteiger partial charge in [-0.15, -0.1) is 0 Å². The number of aliphatic hydroxyl groups is 3. The molecule has 0 aliphatic heterocycles. The van der Waals surface area contributed by atoms with Gasteiger partial charge in [0.1, 0.15) is 5.67 Å². The van der Waals surface area contributed by atoms with Gasteiger partial charge in [-0.1, -0.05) is 40.5 Å². The lowest BCUT2D eigenvalue weighted by Gasteiger charge is -2.65. The van der Waals surface area contributed by atoms with Gasteiger partial charge in [-0.3, -0.25) is 0 Å². The van der Waals surface area contributed by atoms with E-state index in [-0.39, 0.29) is 23.2 Å². The van der Waals surface area contributed by atoms with E-state index in [1.165, 1.54) is 0 Å². The predicted molar refractivity (Wildman–Crippen MR) is 122 cm³/mol. The Hall–Kier alpha value is -0.190. The molecule has 4 aliphatic carbocycles. The maximum Gasteiger partial charge on any atom is 0.111 e. The second-order valence-corrected chi connectivity index (χ2v) is 13.1. The summed E-state index contributed by atoms with van der Waals surface area (Å²) in [5.41, 5.74) is -2.69. The Bertz CT molecular complexity index is 665. The van der Waals surface area contributed by atoms with Gasteiger partial charge in [0.25, 0.3) is 0 Å². The molecule has 3 N–H and O–H groups in total. The van der Waals surface area contributed by atoms with Gasteiger partial charge < -0.3 is 15.3 Å². The topological polar surface area (TPSA) is 60.7 Å². The van der Waals surface area contributed by atoms with Gasteiger partial charge in [0, 0.05) is 11.8 Å². The van der Waals surface area contributed by atoms with Crippen LogP contribution >= 0.6 is 0 Å². The van der Waals surface area contributed by atoms with E-state index < -0.39 is 23.5 Å². The van der Waals surface area contributed by atoms with Gasteiger partial charge in [0.2, 0.25) is 0 Å². The van der Waals surface area contributed by atoms with E-state index in [0.717, 1.165) is 44.9 Å². The molecule has 10 atom stereocenters. The van der Waals surface area contributed by atoms with Crippen molar-refractivity contribution in [2.24, 2.45) is 40.4 Å². The first kappa shape index (κ1) is 24.0. The summed E-state index contributed by atoms with van der Waals surface area (Å²) in [6, 6.07) is 0. The number of rotatable bonds is 5. The van der Waals surface area contributed by atoms with Crippen LogP contribution in [-0.2, 0) is 0 Å². The summed E-state index contributed by atoms with van der Waals surface area (Å²) in [6.07, 6.45) is 7.80. The highest BCUT2D eigenvalue weighted by atomic mass is 19.1. The van der Waals surface area contributed by atoms with Crippen LogP contribution in [0.2, 0.25) is 0 Å². The van der Waals surface area contributed by atoms with Gasteiger partial charge in [0.15, 0.2) is 0 Å². The lowest BCUT2D eigenvalue weighted by molar-refractivity contribution is -0.265. The molecule has 0 aromatic carbocycles. The van der Waals surface area contributed by atoms with E-state index in [4.69, 9.17) is 0 Å². The summed E-state index contributed by atoms with van der Waals surface area (Å²) in [6.45, 7) is 10.8. The van der Waals surface area contributed by atoms with Crippen molar-refractivity contribution in [3.05, 3.63) is 0 Å². The standard InChI is InChI=1S/C27H47FO3/c1-17(2)7-6-12-26(5,28)22-9-8-20-19-15-23(30)27(31)16-18(29)10-14-25(27,4)21(19)11-13-24(20,22)3/h17-23,29-31H,6-16H2,1-5H3/t18-,19?,20?,21?,22?,23+,24-,25+,26?,27-/m0/s1. The van der Waals surface area contributed by atoms with Crippen molar-refractivity contribution in [3.8, 4) is 0 Å². The Morgan fingerprint density at radius 1 is 1.03 bits per heavy atom. The predicted octanol–water partition coefficient (Wildman–Crippen LogP) is 5.65. The second-order valence-electron chi connectivity index (χ2n) is 13.1. The molecular weight excluding hydrogens is 391 g/mol. The first-order chi connectivity index (χ1) is 14.3. The van der Waals surface area contributed by atoms with Crippen LogP contribution in [0.5, 0.6) is 0 Å². The van der Waals surface area contributed by atoms with Crippen LogP contribution in [0.1, 0.15) is 105 Å². The molecule has 0 amide bonds. The quantitative estimate of drug-likeness (QED) is 0.520. The van der Waals surface area contributed by atoms with Crippen LogP contribution in [0.15, 0.2) is 0 Å². The zero-order chi connectivity index (χ0) is 22.8. The van der Waals surface area contributed by atoms with Gasteiger partial charge in [-0.05, 0) is 93.3 Å². The molecule has 180 valence electrons. The van der Waals surface area contributed by atoms with Crippen molar-refractivity contribution in [3.63, 3.8) is 0 Å². The highest BCUT2D eigenvalue weighted by molar-refractivity contribution is 5.17. The summed E-state index contributed by atoms with van der Waals surface area (Å²) in [4.78, 5) is 0. The molecule has 3 nitrogen and oxygen atoms in total. The van der Waals surface area contributed by atoms with Crippen molar-refractivity contribution < 1.29 is 19.7 Å². The first-order valence-corrected chi connectivity index (χ1v) is 13.1. The van der Waals surface area contributed by atoms with E-state index >= 15 is 4.39 Å². The third kappa shape index (κ3) is 3.62. The molecule has 0 radical (unpaired) electrons. The maximum absolute atomic E-state index is 16.1. The van der Waals surface area contributed by atoms with Gasteiger partial charge in [0.05, 0.1) is 17.8 Å². The third-order valence-corrected chi connectivity index (χ3v) is 11.0. The number of fused-ring (bicyclic) bond motifs is 5. The normalized spacial score (nSPS) is 51.7. The molecule has 5 unspecified atom stereocenters. The molecule has 0 saturated heterocycles. The SMILES string of the molecule is CC(C)CCCC(C)(F)C1CCC2C3C[C@@H](O)[C@@]4(O)C[C@@H](O)CC[C@]4(C)C3CC[C@@]21C. The molecule has 31 heavy (non-hydrogen) atoms. The highest BCUT2D eigenvalue weighted by Gasteiger charge is 2.68. The smallest absolute Gasteiger partial charge is 0.111 e. The van der Waals surface area contributed by atoms with Gasteiger partial charge in [-0.25, -0.2) is 4.39 Å². The Kier molecular flexibility index (Phi) is 6.14.